The van der Waals surface area contributed by atoms with E-state index in [9.17, 15) is 14.0 Å². The van der Waals surface area contributed by atoms with Gasteiger partial charge in [-0.1, -0.05) is 18.1 Å². The lowest BCUT2D eigenvalue weighted by molar-refractivity contribution is -0.137. The molecule has 1 aliphatic rings. The Morgan fingerprint density at radius 1 is 1.03 bits per heavy atom. The molecule has 2 aromatic carbocycles. The van der Waals surface area contributed by atoms with Gasteiger partial charge in [0.15, 0.2) is 0 Å². The average Bonchev–Trinajstić information content (AvgIpc) is 3.37. The van der Waals surface area contributed by atoms with Gasteiger partial charge in [-0.15, -0.1) is 17.3 Å². The van der Waals surface area contributed by atoms with E-state index in [2.05, 4.69) is 16.7 Å². The van der Waals surface area contributed by atoms with E-state index in [0.717, 1.165) is 16.1 Å². The number of nitrogens with zero attached hydrogens (tertiary/aromatic N) is 2. The lowest BCUT2D eigenvalue weighted by Crippen LogP contribution is -2.48. The summed E-state index contributed by atoms with van der Waals surface area (Å²) in [5, 5.41) is 9.10. The highest BCUT2D eigenvalue weighted by molar-refractivity contribution is 7.14. The van der Waals surface area contributed by atoms with Gasteiger partial charge >= 0.3 is 5.97 Å². The zero-order valence-corrected chi connectivity index (χ0v) is 20.8. The molecule has 8 heteroatoms. The molecule has 1 N–H and O–H groups in total. The molecule has 1 unspecified atom stereocenters. The number of piperazine rings is 1. The zero-order valence-electron chi connectivity index (χ0n) is 19.9. The van der Waals surface area contributed by atoms with Crippen LogP contribution in [0, 0.1) is 17.7 Å². The average molecular weight is 507 g/mol. The lowest BCUT2D eigenvalue weighted by Gasteiger charge is -2.36. The fourth-order valence-corrected chi connectivity index (χ4v) is 4.99. The number of halogens is 1. The number of thiophene rings is 1. The second-order valence-corrected chi connectivity index (χ2v) is 9.59. The Bertz CT molecular complexity index is 1250. The van der Waals surface area contributed by atoms with Gasteiger partial charge in [0.1, 0.15) is 18.2 Å². The molecule has 1 aliphatic heterocycles. The topological polar surface area (TPSA) is 70.1 Å². The molecular weight excluding hydrogens is 479 g/mol. The molecule has 1 fully saturated rings. The van der Waals surface area contributed by atoms with Gasteiger partial charge < -0.3 is 19.6 Å². The Kier molecular flexibility index (Phi) is 8.24. The molecule has 6 nitrogen and oxygen atoms in total. The van der Waals surface area contributed by atoms with Crippen LogP contribution in [0.4, 0.5) is 10.1 Å². The molecule has 4 rings (SSSR count). The molecule has 186 valence electrons. The van der Waals surface area contributed by atoms with E-state index in [4.69, 9.17) is 9.84 Å². The van der Waals surface area contributed by atoms with E-state index >= 15 is 0 Å². The van der Waals surface area contributed by atoms with Crippen molar-refractivity contribution in [2.45, 2.75) is 25.9 Å². The number of carboxylic acids is 1. The summed E-state index contributed by atoms with van der Waals surface area (Å²) in [7, 11) is 0. The van der Waals surface area contributed by atoms with Crippen LogP contribution in [0.25, 0.3) is 0 Å². The third-order valence-corrected chi connectivity index (χ3v) is 7.04. The van der Waals surface area contributed by atoms with Gasteiger partial charge in [-0.3, -0.25) is 9.59 Å². The third kappa shape index (κ3) is 6.43. The first-order valence-electron chi connectivity index (χ1n) is 11.7. The number of benzene rings is 2. The number of carboxylic acid groups (broad SMARTS) is 1. The lowest BCUT2D eigenvalue weighted by atomic mass is 9.96. The minimum atomic E-state index is -0.888. The van der Waals surface area contributed by atoms with Crippen LogP contribution in [-0.2, 0) is 11.4 Å². The van der Waals surface area contributed by atoms with Crippen molar-refractivity contribution in [3.05, 3.63) is 81.8 Å². The van der Waals surface area contributed by atoms with Crippen LogP contribution in [0.15, 0.2) is 60.7 Å². The van der Waals surface area contributed by atoms with Gasteiger partial charge in [-0.25, -0.2) is 4.39 Å². The normalized spacial score (nSPS) is 14.1. The summed E-state index contributed by atoms with van der Waals surface area (Å²) in [6.07, 6.45) is -0.0473. The highest BCUT2D eigenvalue weighted by Gasteiger charge is 2.23. The number of amides is 1. The number of hydrogen-bond acceptors (Lipinski definition) is 5. The zero-order chi connectivity index (χ0) is 25.5. The van der Waals surface area contributed by atoms with Crippen LogP contribution >= 0.6 is 11.3 Å². The molecule has 0 bridgehead atoms. The SMILES string of the molecule is CC#CC(CC(=O)O)c1ccc(OCc2ccc(C(=O)N3CCN(c4ccc(F)cc4)CC3)s2)cc1. The van der Waals surface area contributed by atoms with Crippen molar-refractivity contribution >= 4 is 28.9 Å². The van der Waals surface area contributed by atoms with E-state index in [1.165, 1.54) is 23.5 Å². The largest absolute Gasteiger partial charge is 0.488 e. The smallest absolute Gasteiger partial charge is 0.304 e. The third-order valence-electron chi connectivity index (χ3n) is 5.99. The van der Waals surface area contributed by atoms with Crippen LogP contribution in [0.3, 0.4) is 0 Å². The maximum absolute atomic E-state index is 13.2. The van der Waals surface area contributed by atoms with Crippen molar-refractivity contribution in [1.82, 2.24) is 4.90 Å². The predicted molar refractivity (Wildman–Crippen MR) is 138 cm³/mol. The van der Waals surface area contributed by atoms with Crippen molar-refractivity contribution < 1.29 is 23.8 Å². The van der Waals surface area contributed by atoms with Crippen molar-refractivity contribution in [1.29, 1.82) is 0 Å². The number of ether oxygens (including phenoxy) is 1. The van der Waals surface area contributed by atoms with E-state index in [0.29, 0.717) is 43.4 Å². The summed E-state index contributed by atoms with van der Waals surface area (Å²) >= 11 is 1.42. The van der Waals surface area contributed by atoms with Crippen molar-refractivity contribution in [2.75, 3.05) is 31.1 Å². The Morgan fingerprint density at radius 3 is 2.36 bits per heavy atom. The first-order valence-corrected chi connectivity index (χ1v) is 12.5. The minimum Gasteiger partial charge on any atom is -0.488 e. The molecule has 1 aromatic heterocycles. The molecular formula is C28H27FN2O4S. The van der Waals surface area contributed by atoms with Crippen molar-refractivity contribution in [3.63, 3.8) is 0 Å². The van der Waals surface area contributed by atoms with Crippen molar-refractivity contribution in [3.8, 4) is 17.6 Å². The molecule has 1 amide bonds. The Balaban J connectivity index is 1.29. The number of carbonyl (C=O) groups is 2. The molecule has 3 aromatic rings. The number of hydrogen-bond donors (Lipinski definition) is 1. The first-order chi connectivity index (χ1) is 17.4. The van der Waals surface area contributed by atoms with E-state index in [-0.39, 0.29) is 24.1 Å². The number of aliphatic carboxylic acids is 1. The standard InChI is InChI=1S/C28H27FN2O4S/c1-2-3-21(18-27(32)33)20-4-10-24(11-5-20)35-19-25-12-13-26(36-25)28(34)31-16-14-30(15-17-31)23-8-6-22(29)7-9-23/h4-13,21H,14-19H2,1H3,(H,32,33). The molecule has 1 atom stereocenters. The second kappa shape index (κ2) is 11.7. The fraction of sp³-hybridized carbons (Fsp3) is 0.286. The van der Waals surface area contributed by atoms with Gasteiger partial charge in [-0.2, -0.15) is 0 Å². The molecule has 0 aliphatic carbocycles. The molecule has 36 heavy (non-hydrogen) atoms. The Morgan fingerprint density at radius 2 is 1.72 bits per heavy atom. The van der Waals surface area contributed by atoms with Crippen LogP contribution in [0.1, 0.15) is 39.4 Å². The maximum atomic E-state index is 13.2. The summed E-state index contributed by atoms with van der Waals surface area (Å²) < 4.78 is 19.0. The number of rotatable bonds is 8. The summed E-state index contributed by atoms with van der Waals surface area (Å²) in [4.78, 5) is 29.7. The highest BCUT2D eigenvalue weighted by Crippen LogP contribution is 2.25. The van der Waals surface area contributed by atoms with Gasteiger partial charge in [0.05, 0.1) is 17.2 Å². The number of carbonyl (C=O) groups excluding carboxylic acids is 1. The summed E-state index contributed by atoms with van der Waals surface area (Å²) in [5.74, 6) is 4.90. The summed E-state index contributed by atoms with van der Waals surface area (Å²) in [6.45, 7) is 4.65. The fourth-order valence-electron chi connectivity index (χ4n) is 4.10. The first kappa shape index (κ1) is 25.3. The molecule has 2 heterocycles. The molecule has 1 saturated heterocycles. The van der Waals surface area contributed by atoms with Gasteiger partial charge in [0.2, 0.25) is 0 Å². The van der Waals surface area contributed by atoms with Crippen LogP contribution < -0.4 is 9.64 Å². The molecule has 0 radical (unpaired) electrons. The monoisotopic (exact) mass is 506 g/mol. The van der Waals surface area contributed by atoms with E-state index < -0.39 is 5.97 Å². The summed E-state index contributed by atoms with van der Waals surface area (Å²) in [5.41, 5.74) is 1.80. The molecule has 0 saturated carbocycles. The predicted octanol–water partition coefficient (Wildman–Crippen LogP) is 5.01. The maximum Gasteiger partial charge on any atom is 0.304 e. The Hall–Kier alpha value is -3.83. The molecule has 0 spiro atoms. The highest BCUT2D eigenvalue weighted by atomic mass is 32.1. The van der Waals surface area contributed by atoms with Gasteiger partial charge in [-0.05, 0) is 61.0 Å². The van der Waals surface area contributed by atoms with Gasteiger partial charge in [0, 0.05) is 36.7 Å². The Labute approximate surface area is 213 Å². The van der Waals surface area contributed by atoms with Crippen LogP contribution in [0.5, 0.6) is 5.75 Å². The van der Waals surface area contributed by atoms with Gasteiger partial charge in [0.25, 0.3) is 5.91 Å². The minimum absolute atomic E-state index is 0.0101. The van der Waals surface area contributed by atoms with E-state index in [1.54, 1.807) is 19.1 Å². The van der Waals surface area contributed by atoms with Crippen molar-refractivity contribution in [2.24, 2.45) is 0 Å². The second-order valence-electron chi connectivity index (χ2n) is 8.42. The van der Waals surface area contributed by atoms with Crippen LogP contribution in [-0.4, -0.2) is 48.1 Å². The van der Waals surface area contributed by atoms with Crippen LogP contribution in [0.2, 0.25) is 0 Å². The summed E-state index contributed by atoms with van der Waals surface area (Å²) in [6, 6.07) is 17.5. The van der Waals surface area contributed by atoms with E-state index in [1.807, 2.05) is 41.3 Å². The quantitative estimate of drug-likeness (QED) is 0.435. The number of anilines is 1.